The second-order valence-corrected chi connectivity index (χ2v) is 4.97. The normalized spacial score (nSPS) is 10.8. The Bertz CT molecular complexity index is 532. The van der Waals surface area contributed by atoms with E-state index in [2.05, 4.69) is 5.32 Å². The van der Waals surface area contributed by atoms with Crippen molar-refractivity contribution in [3.63, 3.8) is 0 Å². The number of ether oxygens (including phenoxy) is 2. The molecular formula is C13H17NO6. The van der Waals surface area contributed by atoms with Gasteiger partial charge in [0.25, 0.3) is 0 Å². The molecule has 0 fully saturated rings. The van der Waals surface area contributed by atoms with Gasteiger partial charge in [0, 0.05) is 0 Å². The molecule has 0 aliphatic heterocycles. The van der Waals surface area contributed by atoms with Gasteiger partial charge in [0.15, 0.2) is 11.5 Å². The molecule has 3 N–H and O–H groups in total. The zero-order valence-corrected chi connectivity index (χ0v) is 11.7. The van der Waals surface area contributed by atoms with Crippen LogP contribution in [-0.4, -0.2) is 35.0 Å². The SMILES string of the molecule is COc1ccc(C(=O)O)c(NC(=O)OC(C)(C)C)c1O. The van der Waals surface area contributed by atoms with E-state index in [0.29, 0.717) is 0 Å². The second kappa shape index (κ2) is 5.68. The summed E-state index contributed by atoms with van der Waals surface area (Å²) in [6.07, 6.45) is -0.872. The third-order valence-corrected chi connectivity index (χ3v) is 2.22. The molecule has 0 unspecified atom stereocenters. The number of aromatic carboxylic acids is 1. The number of carboxylic acids is 1. The van der Waals surface area contributed by atoms with Gasteiger partial charge in [-0.2, -0.15) is 0 Å². The average molecular weight is 283 g/mol. The number of nitrogens with one attached hydrogen (secondary N) is 1. The lowest BCUT2D eigenvalue weighted by molar-refractivity contribution is 0.0635. The summed E-state index contributed by atoms with van der Waals surface area (Å²) in [5, 5.41) is 21.2. The number of amides is 1. The smallest absolute Gasteiger partial charge is 0.412 e. The van der Waals surface area contributed by atoms with Gasteiger partial charge in [-0.3, -0.25) is 5.32 Å². The molecule has 0 aliphatic rings. The van der Waals surface area contributed by atoms with Gasteiger partial charge in [0.1, 0.15) is 11.3 Å². The minimum atomic E-state index is -1.30. The Labute approximate surface area is 116 Å². The molecule has 0 radical (unpaired) electrons. The first kappa shape index (κ1) is 15.6. The quantitative estimate of drug-likeness (QED) is 0.736. The maximum absolute atomic E-state index is 11.7. The topological polar surface area (TPSA) is 105 Å². The Kier molecular flexibility index (Phi) is 4.44. The molecule has 0 saturated carbocycles. The summed E-state index contributed by atoms with van der Waals surface area (Å²) >= 11 is 0. The van der Waals surface area contributed by atoms with Crippen LogP contribution in [0.15, 0.2) is 12.1 Å². The lowest BCUT2D eigenvalue weighted by Gasteiger charge is -2.20. The summed E-state index contributed by atoms with van der Waals surface area (Å²) in [5.41, 5.74) is -1.29. The van der Waals surface area contributed by atoms with E-state index in [-0.39, 0.29) is 17.0 Å². The number of carboxylic acid groups (broad SMARTS) is 1. The Balaban J connectivity index is 3.15. The van der Waals surface area contributed by atoms with Crippen molar-refractivity contribution >= 4 is 17.7 Å². The molecule has 1 rings (SSSR count). The molecule has 110 valence electrons. The first-order valence-electron chi connectivity index (χ1n) is 5.79. The Hall–Kier alpha value is -2.44. The fourth-order valence-corrected chi connectivity index (χ4v) is 1.45. The van der Waals surface area contributed by atoms with Crippen LogP contribution in [0, 0.1) is 0 Å². The number of carbonyl (C=O) groups is 2. The zero-order chi connectivity index (χ0) is 15.5. The highest BCUT2D eigenvalue weighted by Gasteiger charge is 2.23. The molecule has 0 heterocycles. The molecule has 0 aromatic heterocycles. The largest absolute Gasteiger partial charge is 0.503 e. The molecule has 0 bridgehead atoms. The summed E-state index contributed by atoms with van der Waals surface area (Å²) in [4.78, 5) is 22.8. The highest BCUT2D eigenvalue weighted by Crippen LogP contribution is 2.37. The molecular weight excluding hydrogens is 266 g/mol. The van der Waals surface area contributed by atoms with E-state index >= 15 is 0 Å². The molecule has 0 atom stereocenters. The van der Waals surface area contributed by atoms with Crippen LogP contribution in [0.4, 0.5) is 10.5 Å². The van der Waals surface area contributed by atoms with Gasteiger partial charge in [0.2, 0.25) is 0 Å². The van der Waals surface area contributed by atoms with E-state index in [1.165, 1.54) is 19.2 Å². The highest BCUT2D eigenvalue weighted by molar-refractivity contribution is 6.01. The predicted octanol–water partition coefficient (Wildman–Crippen LogP) is 2.45. The Morgan fingerprint density at radius 2 is 1.85 bits per heavy atom. The molecule has 7 nitrogen and oxygen atoms in total. The van der Waals surface area contributed by atoms with Crippen molar-refractivity contribution in [1.82, 2.24) is 0 Å². The number of hydrogen-bond donors (Lipinski definition) is 3. The molecule has 1 aromatic carbocycles. The number of hydrogen-bond acceptors (Lipinski definition) is 5. The summed E-state index contributed by atoms with van der Waals surface area (Å²) in [6, 6.07) is 2.51. The van der Waals surface area contributed by atoms with E-state index in [4.69, 9.17) is 14.6 Å². The predicted molar refractivity (Wildman–Crippen MR) is 71.5 cm³/mol. The van der Waals surface area contributed by atoms with E-state index in [9.17, 15) is 14.7 Å². The van der Waals surface area contributed by atoms with Crippen molar-refractivity contribution in [2.75, 3.05) is 12.4 Å². The van der Waals surface area contributed by atoms with Gasteiger partial charge in [0.05, 0.1) is 12.7 Å². The van der Waals surface area contributed by atoms with Gasteiger partial charge in [-0.25, -0.2) is 9.59 Å². The maximum atomic E-state index is 11.7. The van der Waals surface area contributed by atoms with Gasteiger partial charge in [-0.15, -0.1) is 0 Å². The molecule has 0 aliphatic carbocycles. The third-order valence-electron chi connectivity index (χ3n) is 2.22. The monoisotopic (exact) mass is 283 g/mol. The lowest BCUT2D eigenvalue weighted by atomic mass is 10.1. The zero-order valence-electron chi connectivity index (χ0n) is 11.7. The molecule has 7 heteroatoms. The van der Waals surface area contributed by atoms with Crippen LogP contribution in [0.2, 0.25) is 0 Å². The van der Waals surface area contributed by atoms with Crippen molar-refractivity contribution < 1.29 is 29.3 Å². The van der Waals surface area contributed by atoms with Gasteiger partial charge in [-0.05, 0) is 32.9 Å². The van der Waals surface area contributed by atoms with E-state index in [1.807, 2.05) is 0 Å². The third kappa shape index (κ3) is 3.78. The van der Waals surface area contributed by atoms with Crippen LogP contribution >= 0.6 is 0 Å². The van der Waals surface area contributed by atoms with Crippen LogP contribution in [0.1, 0.15) is 31.1 Å². The average Bonchev–Trinajstić information content (AvgIpc) is 2.28. The molecule has 1 aromatic rings. The lowest BCUT2D eigenvalue weighted by Crippen LogP contribution is -2.27. The van der Waals surface area contributed by atoms with Crippen molar-refractivity contribution in [2.24, 2.45) is 0 Å². The number of carbonyl (C=O) groups excluding carboxylic acids is 1. The minimum Gasteiger partial charge on any atom is -0.503 e. The van der Waals surface area contributed by atoms with Crippen LogP contribution in [0.5, 0.6) is 11.5 Å². The number of anilines is 1. The maximum Gasteiger partial charge on any atom is 0.412 e. The fourth-order valence-electron chi connectivity index (χ4n) is 1.45. The van der Waals surface area contributed by atoms with Crippen LogP contribution in [0.25, 0.3) is 0 Å². The number of phenols is 1. The molecule has 1 amide bonds. The number of rotatable bonds is 3. The number of aromatic hydroxyl groups is 1. The summed E-state index contributed by atoms with van der Waals surface area (Å²) < 4.78 is 9.88. The first-order chi connectivity index (χ1) is 9.15. The minimum absolute atomic E-state index is 0.0426. The van der Waals surface area contributed by atoms with Gasteiger partial charge >= 0.3 is 12.1 Å². The second-order valence-electron chi connectivity index (χ2n) is 4.97. The highest BCUT2D eigenvalue weighted by atomic mass is 16.6. The standard InChI is InChI=1S/C13H17NO6/c1-13(2,3)20-12(18)14-9-7(11(16)17)5-6-8(19-4)10(9)15/h5-6,15H,1-4H3,(H,14,18)(H,16,17). The van der Waals surface area contributed by atoms with Crippen molar-refractivity contribution in [3.05, 3.63) is 17.7 Å². The molecule has 0 saturated heterocycles. The summed E-state index contributed by atoms with van der Waals surface area (Å²) in [7, 11) is 1.31. The Morgan fingerprint density at radius 3 is 2.30 bits per heavy atom. The first-order valence-corrected chi connectivity index (χ1v) is 5.79. The Morgan fingerprint density at radius 1 is 1.25 bits per heavy atom. The van der Waals surface area contributed by atoms with E-state index in [0.717, 1.165) is 0 Å². The van der Waals surface area contributed by atoms with Gasteiger partial charge < -0.3 is 19.7 Å². The number of methoxy groups -OCH3 is 1. The van der Waals surface area contributed by atoms with Crippen LogP contribution in [0.3, 0.4) is 0 Å². The van der Waals surface area contributed by atoms with Crippen LogP contribution in [-0.2, 0) is 4.74 Å². The summed E-state index contributed by atoms with van der Waals surface area (Å²) in [5.74, 6) is -1.73. The van der Waals surface area contributed by atoms with E-state index in [1.54, 1.807) is 20.8 Å². The molecule has 0 spiro atoms. The number of phenolic OH excluding ortho intramolecular Hbond substituents is 1. The van der Waals surface area contributed by atoms with E-state index < -0.39 is 23.4 Å². The van der Waals surface area contributed by atoms with Crippen molar-refractivity contribution in [1.29, 1.82) is 0 Å². The fraction of sp³-hybridized carbons (Fsp3) is 0.385. The van der Waals surface area contributed by atoms with Crippen molar-refractivity contribution in [2.45, 2.75) is 26.4 Å². The number of benzene rings is 1. The molecule has 20 heavy (non-hydrogen) atoms. The van der Waals surface area contributed by atoms with Gasteiger partial charge in [-0.1, -0.05) is 0 Å². The summed E-state index contributed by atoms with van der Waals surface area (Å²) in [6.45, 7) is 4.99. The van der Waals surface area contributed by atoms with Crippen LogP contribution < -0.4 is 10.1 Å². The van der Waals surface area contributed by atoms with Crippen molar-refractivity contribution in [3.8, 4) is 11.5 Å².